The number of rotatable bonds is 1. The van der Waals surface area contributed by atoms with Gasteiger partial charge in [-0.2, -0.15) is 4.99 Å². The number of carbonyl (C=O) groups is 1. The van der Waals surface area contributed by atoms with E-state index in [9.17, 15) is 4.79 Å². The van der Waals surface area contributed by atoms with E-state index >= 15 is 0 Å². The van der Waals surface area contributed by atoms with Gasteiger partial charge in [-0.25, -0.2) is 10.2 Å². The topological polar surface area (TPSA) is 115 Å². The molecular weight excluding hydrogens is 196 g/mol. The molecule has 0 bridgehead atoms. The van der Waals surface area contributed by atoms with Gasteiger partial charge in [0.1, 0.15) is 0 Å². The number of nitrogens with zero attached hydrogens (tertiary/aromatic N) is 1. The highest BCUT2D eigenvalue weighted by Gasteiger charge is 2.08. The zero-order valence-corrected chi connectivity index (χ0v) is 7.81. The van der Waals surface area contributed by atoms with Crippen LogP contribution in [0.3, 0.4) is 0 Å². The number of amidine groups is 1. The number of ether oxygens (including phenoxy) is 1. The Morgan fingerprint density at radius 1 is 1.27 bits per heavy atom. The smallest absolute Gasteiger partial charge is 0.345 e. The lowest BCUT2D eigenvalue weighted by atomic mass is 10.2. The summed E-state index contributed by atoms with van der Waals surface area (Å²) in [5, 5.41) is 7.11. The molecular formula is C9H10N4O2. The zero-order valence-electron chi connectivity index (χ0n) is 7.81. The highest BCUT2D eigenvalue weighted by atomic mass is 16.6. The second-order valence-corrected chi connectivity index (χ2v) is 2.60. The summed E-state index contributed by atoms with van der Waals surface area (Å²) in [6, 6.07) is 7.61. The first-order chi connectivity index (χ1) is 7.09. The van der Waals surface area contributed by atoms with Crippen molar-refractivity contribution in [2.45, 2.75) is 0 Å². The largest absolute Gasteiger partial charge is 0.387 e. The zero-order chi connectivity index (χ0) is 11.3. The average Bonchev–Trinajstić information content (AvgIpc) is 2.17. The maximum Gasteiger partial charge on any atom is 0.345 e. The predicted octanol–water partition coefficient (Wildman–Crippen LogP) is 0.0516. The SMILES string of the molecule is N=C(N=C(N)N)OC(=O)c1ccccc1. The molecule has 6 heteroatoms. The number of esters is 1. The summed E-state index contributed by atoms with van der Waals surface area (Å²) in [6.45, 7) is 0. The van der Waals surface area contributed by atoms with Crippen LogP contribution in [-0.4, -0.2) is 18.0 Å². The maximum atomic E-state index is 11.3. The molecule has 15 heavy (non-hydrogen) atoms. The van der Waals surface area contributed by atoms with Crippen molar-refractivity contribution in [1.82, 2.24) is 0 Å². The van der Waals surface area contributed by atoms with Gasteiger partial charge in [0, 0.05) is 0 Å². The van der Waals surface area contributed by atoms with Crippen molar-refractivity contribution >= 4 is 18.0 Å². The van der Waals surface area contributed by atoms with Gasteiger partial charge in [-0.1, -0.05) is 18.2 Å². The molecule has 1 rings (SSSR count). The van der Waals surface area contributed by atoms with Crippen molar-refractivity contribution in [3.8, 4) is 0 Å². The number of hydrogen-bond donors (Lipinski definition) is 3. The van der Waals surface area contributed by atoms with E-state index in [1.165, 1.54) is 0 Å². The Hall–Kier alpha value is -2.37. The molecule has 0 heterocycles. The van der Waals surface area contributed by atoms with Crippen molar-refractivity contribution in [3.05, 3.63) is 35.9 Å². The average molecular weight is 206 g/mol. The van der Waals surface area contributed by atoms with Crippen LogP contribution >= 0.6 is 0 Å². The molecule has 5 N–H and O–H groups in total. The third-order valence-electron chi connectivity index (χ3n) is 1.43. The van der Waals surface area contributed by atoms with Crippen LogP contribution in [0.1, 0.15) is 10.4 Å². The molecule has 0 aliphatic carbocycles. The second-order valence-electron chi connectivity index (χ2n) is 2.60. The lowest BCUT2D eigenvalue weighted by molar-refractivity contribution is 0.0712. The van der Waals surface area contributed by atoms with Gasteiger partial charge >= 0.3 is 12.0 Å². The monoisotopic (exact) mass is 206 g/mol. The summed E-state index contributed by atoms with van der Waals surface area (Å²) in [5.74, 6) is -1.01. The standard InChI is InChI=1S/C9H10N4O2/c10-8(11)13-9(12)15-7(14)6-4-2-1-3-5-6/h1-5H,(H5,10,11,12,13). The predicted molar refractivity (Wildman–Crippen MR) is 55.4 cm³/mol. The van der Waals surface area contributed by atoms with Crippen molar-refractivity contribution in [2.24, 2.45) is 16.5 Å². The molecule has 0 atom stereocenters. The summed E-state index contributed by atoms with van der Waals surface area (Å²) in [4.78, 5) is 14.6. The van der Waals surface area contributed by atoms with Gasteiger partial charge in [-0.05, 0) is 12.1 Å². The fraction of sp³-hybridized carbons (Fsp3) is 0. The maximum absolute atomic E-state index is 11.3. The molecule has 0 aliphatic heterocycles. The lowest BCUT2D eigenvalue weighted by Crippen LogP contribution is -2.25. The fourth-order valence-electron chi connectivity index (χ4n) is 0.861. The summed E-state index contributed by atoms with van der Waals surface area (Å²) in [5.41, 5.74) is 10.3. The van der Waals surface area contributed by atoms with Crippen molar-refractivity contribution < 1.29 is 9.53 Å². The van der Waals surface area contributed by atoms with E-state index in [4.69, 9.17) is 16.9 Å². The van der Waals surface area contributed by atoms with Crippen LogP contribution in [-0.2, 0) is 4.74 Å². The Bertz CT molecular complexity index is 396. The third kappa shape index (κ3) is 3.47. The molecule has 0 saturated carbocycles. The van der Waals surface area contributed by atoms with Crippen molar-refractivity contribution in [2.75, 3.05) is 0 Å². The van der Waals surface area contributed by atoms with E-state index in [0.717, 1.165) is 0 Å². The van der Waals surface area contributed by atoms with Gasteiger partial charge in [0.25, 0.3) is 0 Å². The Balaban J connectivity index is 2.65. The number of hydrogen-bond acceptors (Lipinski definition) is 3. The molecule has 78 valence electrons. The molecule has 0 unspecified atom stereocenters. The van der Waals surface area contributed by atoms with Crippen molar-refractivity contribution in [1.29, 1.82) is 5.41 Å². The quantitative estimate of drug-likeness (QED) is 0.342. The summed E-state index contributed by atoms with van der Waals surface area (Å²) >= 11 is 0. The first-order valence-electron chi connectivity index (χ1n) is 4.05. The number of carbonyl (C=O) groups excluding carboxylic acids is 1. The first-order valence-corrected chi connectivity index (χ1v) is 4.05. The number of nitrogens with two attached hydrogens (primary N) is 2. The highest BCUT2D eigenvalue weighted by Crippen LogP contribution is 2.01. The van der Waals surface area contributed by atoms with Crippen molar-refractivity contribution in [3.63, 3.8) is 0 Å². The molecule has 6 nitrogen and oxygen atoms in total. The molecule has 0 radical (unpaired) electrons. The van der Waals surface area contributed by atoms with Gasteiger partial charge in [-0.3, -0.25) is 0 Å². The van der Waals surface area contributed by atoms with Crippen LogP contribution in [0.25, 0.3) is 0 Å². The van der Waals surface area contributed by atoms with Gasteiger partial charge in [0.15, 0.2) is 5.96 Å². The first kappa shape index (κ1) is 10.7. The molecule has 0 saturated heterocycles. The molecule has 0 aliphatic rings. The number of nitrogens with one attached hydrogen (secondary N) is 1. The minimum Gasteiger partial charge on any atom is -0.387 e. The van der Waals surface area contributed by atoms with E-state index in [2.05, 4.69) is 9.73 Å². The molecule has 0 amide bonds. The van der Waals surface area contributed by atoms with Gasteiger partial charge in [-0.15, -0.1) is 0 Å². The van der Waals surface area contributed by atoms with Gasteiger partial charge in [0.2, 0.25) is 0 Å². The van der Waals surface area contributed by atoms with E-state index < -0.39 is 12.0 Å². The normalized spacial score (nSPS) is 9.07. The number of aliphatic imine (C=N–C) groups is 1. The number of benzene rings is 1. The van der Waals surface area contributed by atoms with Crippen LogP contribution in [0.5, 0.6) is 0 Å². The molecule has 1 aromatic rings. The summed E-state index contributed by atoms with van der Waals surface area (Å²) in [6.07, 6.45) is 0. The van der Waals surface area contributed by atoms with Crippen LogP contribution in [0.2, 0.25) is 0 Å². The molecule has 0 fully saturated rings. The molecule has 0 spiro atoms. The van der Waals surface area contributed by atoms with E-state index in [-0.39, 0.29) is 5.96 Å². The third-order valence-corrected chi connectivity index (χ3v) is 1.43. The minimum absolute atomic E-state index is 0.327. The van der Waals surface area contributed by atoms with E-state index in [0.29, 0.717) is 5.56 Å². The van der Waals surface area contributed by atoms with E-state index in [1.54, 1.807) is 30.3 Å². The van der Waals surface area contributed by atoms with Gasteiger partial charge in [0.05, 0.1) is 5.56 Å². The van der Waals surface area contributed by atoms with Crippen LogP contribution in [0.15, 0.2) is 35.3 Å². The molecule has 1 aromatic carbocycles. The number of guanidine groups is 1. The van der Waals surface area contributed by atoms with E-state index in [1.807, 2.05) is 0 Å². The van der Waals surface area contributed by atoms with Crippen LogP contribution < -0.4 is 11.5 Å². The minimum atomic E-state index is -0.675. The second kappa shape index (κ2) is 4.75. The summed E-state index contributed by atoms with van der Waals surface area (Å²) < 4.78 is 4.54. The van der Waals surface area contributed by atoms with Crippen LogP contribution in [0, 0.1) is 5.41 Å². The Morgan fingerprint density at radius 3 is 2.40 bits per heavy atom. The highest BCUT2D eigenvalue weighted by molar-refractivity contribution is 5.99. The van der Waals surface area contributed by atoms with Crippen LogP contribution in [0.4, 0.5) is 0 Å². The Morgan fingerprint density at radius 2 is 1.87 bits per heavy atom. The Kier molecular flexibility index (Phi) is 3.39. The Labute approximate surface area is 86.1 Å². The summed E-state index contributed by atoms with van der Waals surface area (Å²) in [7, 11) is 0. The van der Waals surface area contributed by atoms with Gasteiger partial charge < -0.3 is 16.2 Å². The fourth-order valence-corrected chi connectivity index (χ4v) is 0.861. The molecule has 0 aromatic heterocycles. The lowest BCUT2D eigenvalue weighted by Gasteiger charge is -2.00.